The summed E-state index contributed by atoms with van der Waals surface area (Å²) < 4.78 is 5.94. The van der Waals surface area contributed by atoms with Crippen molar-refractivity contribution in [3.8, 4) is 0 Å². The number of aromatic nitrogens is 4. The maximum atomic E-state index is 5.94. The molecule has 0 aliphatic carbocycles. The highest BCUT2D eigenvalue weighted by Crippen LogP contribution is 2.41. The largest absolute Gasteiger partial charge is 0.376 e. The minimum absolute atomic E-state index is 0.106. The molecule has 0 saturated carbocycles. The third-order valence-corrected chi connectivity index (χ3v) is 4.92. The Morgan fingerprint density at radius 2 is 2.00 bits per heavy atom. The van der Waals surface area contributed by atoms with E-state index in [4.69, 9.17) is 9.72 Å². The second-order valence-corrected chi connectivity index (χ2v) is 6.82. The monoisotopic (exact) mass is 326 g/mol. The quantitative estimate of drug-likeness (QED) is 0.824. The molecule has 7 nitrogen and oxygen atoms in total. The summed E-state index contributed by atoms with van der Waals surface area (Å²) in [6, 6.07) is 1.84. The topological polar surface area (TPSA) is 67.3 Å². The molecule has 0 radical (unpaired) electrons. The average molecular weight is 326 g/mol. The molecule has 1 fully saturated rings. The molecule has 2 aromatic heterocycles. The van der Waals surface area contributed by atoms with Gasteiger partial charge < -0.3 is 14.5 Å². The van der Waals surface area contributed by atoms with Crippen LogP contribution >= 0.6 is 0 Å². The molecule has 4 rings (SSSR count). The van der Waals surface area contributed by atoms with E-state index in [0.29, 0.717) is 13.2 Å². The summed E-state index contributed by atoms with van der Waals surface area (Å²) in [6.45, 7) is 5.06. The van der Waals surface area contributed by atoms with Crippen LogP contribution in [0.3, 0.4) is 0 Å². The molecule has 7 heteroatoms. The fraction of sp³-hybridized carbons (Fsp3) is 0.529. The summed E-state index contributed by atoms with van der Waals surface area (Å²) in [7, 11) is 3.96. The number of rotatable bonds is 2. The highest BCUT2D eigenvalue weighted by atomic mass is 16.5. The van der Waals surface area contributed by atoms with Gasteiger partial charge in [0.2, 0.25) is 11.9 Å². The first kappa shape index (κ1) is 15.3. The van der Waals surface area contributed by atoms with Crippen molar-refractivity contribution in [3.05, 3.63) is 35.4 Å². The maximum absolute atomic E-state index is 5.94. The second-order valence-electron chi connectivity index (χ2n) is 6.82. The zero-order valence-electron chi connectivity index (χ0n) is 14.4. The Kier molecular flexibility index (Phi) is 3.60. The van der Waals surface area contributed by atoms with E-state index in [0.717, 1.165) is 48.4 Å². The lowest BCUT2D eigenvalue weighted by molar-refractivity contribution is 0.0552. The van der Waals surface area contributed by atoms with Gasteiger partial charge in [0, 0.05) is 50.8 Å². The molecule has 126 valence electrons. The van der Waals surface area contributed by atoms with Gasteiger partial charge in [0.1, 0.15) is 0 Å². The van der Waals surface area contributed by atoms with Crippen molar-refractivity contribution in [1.82, 2.24) is 19.9 Å². The fourth-order valence-corrected chi connectivity index (χ4v) is 3.62. The lowest BCUT2D eigenvalue weighted by Gasteiger charge is -2.35. The van der Waals surface area contributed by atoms with E-state index < -0.39 is 0 Å². The molecule has 1 spiro atoms. The number of hydrogen-bond acceptors (Lipinski definition) is 7. The Hall–Kier alpha value is -2.28. The summed E-state index contributed by atoms with van der Waals surface area (Å²) in [5.74, 6) is 1.54. The number of hydrogen-bond donors (Lipinski definition) is 0. The van der Waals surface area contributed by atoms with E-state index >= 15 is 0 Å². The molecule has 4 heterocycles. The van der Waals surface area contributed by atoms with E-state index in [1.54, 1.807) is 12.4 Å². The zero-order chi connectivity index (χ0) is 16.7. The molecule has 24 heavy (non-hydrogen) atoms. The first-order valence-electron chi connectivity index (χ1n) is 8.24. The predicted molar refractivity (Wildman–Crippen MR) is 91.3 cm³/mol. The Balaban J connectivity index is 1.74. The summed E-state index contributed by atoms with van der Waals surface area (Å²) in [5, 5.41) is 0. The number of anilines is 2. The summed E-state index contributed by atoms with van der Waals surface area (Å²) in [4.78, 5) is 22.5. The Morgan fingerprint density at radius 3 is 2.75 bits per heavy atom. The van der Waals surface area contributed by atoms with Gasteiger partial charge in [-0.3, -0.25) is 0 Å². The lowest BCUT2D eigenvalue weighted by Crippen LogP contribution is -2.41. The standard InChI is InChI=1S/C17H22N6O/c1-12-13-9-24-11-17(14(13)21-16(20-12)22(2)3)5-8-23(10-17)15-18-6-4-7-19-15/h4,6-7H,5,8-11H2,1-3H3. The molecule has 2 aliphatic heterocycles. The molecule has 1 atom stereocenters. The van der Waals surface area contributed by atoms with Crippen molar-refractivity contribution in [2.75, 3.05) is 43.6 Å². The van der Waals surface area contributed by atoms with Crippen molar-refractivity contribution in [2.24, 2.45) is 0 Å². The maximum Gasteiger partial charge on any atom is 0.225 e. The molecule has 0 aromatic carbocycles. The first-order chi connectivity index (χ1) is 11.6. The summed E-state index contributed by atoms with van der Waals surface area (Å²) >= 11 is 0. The average Bonchev–Trinajstić information content (AvgIpc) is 3.01. The van der Waals surface area contributed by atoms with Gasteiger partial charge in [-0.15, -0.1) is 0 Å². The Morgan fingerprint density at radius 1 is 1.21 bits per heavy atom. The van der Waals surface area contributed by atoms with E-state index in [1.807, 2.05) is 32.0 Å². The number of aryl methyl sites for hydroxylation is 1. The van der Waals surface area contributed by atoms with Crippen LogP contribution in [0.4, 0.5) is 11.9 Å². The second kappa shape index (κ2) is 5.66. The third-order valence-electron chi connectivity index (χ3n) is 4.92. The van der Waals surface area contributed by atoms with E-state index in [9.17, 15) is 0 Å². The van der Waals surface area contributed by atoms with Crippen molar-refractivity contribution >= 4 is 11.9 Å². The van der Waals surface area contributed by atoms with Gasteiger partial charge in [0.05, 0.1) is 24.3 Å². The molecule has 1 unspecified atom stereocenters. The summed E-state index contributed by atoms with van der Waals surface area (Å²) in [5.41, 5.74) is 3.19. The first-order valence-corrected chi connectivity index (χ1v) is 8.24. The Labute approximate surface area is 141 Å². The fourth-order valence-electron chi connectivity index (χ4n) is 3.62. The van der Waals surface area contributed by atoms with Crippen LogP contribution in [0.2, 0.25) is 0 Å². The van der Waals surface area contributed by atoms with Gasteiger partial charge in [0.15, 0.2) is 0 Å². The Bertz CT molecular complexity index is 750. The van der Waals surface area contributed by atoms with Crippen molar-refractivity contribution in [3.63, 3.8) is 0 Å². The highest BCUT2D eigenvalue weighted by Gasteiger charge is 2.46. The third kappa shape index (κ3) is 2.39. The number of ether oxygens (including phenoxy) is 1. The molecular weight excluding hydrogens is 304 g/mol. The van der Waals surface area contributed by atoms with E-state index in [-0.39, 0.29) is 5.41 Å². The van der Waals surface area contributed by atoms with Crippen LogP contribution in [-0.2, 0) is 16.8 Å². The van der Waals surface area contributed by atoms with Gasteiger partial charge in [-0.05, 0) is 19.4 Å². The van der Waals surface area contributed by atoms with Crippen molar-refractivity contribution in [2.45, 2.75) is 25.4 Å². The van der Waals surface area contributed by atoms with Crippen LogP contribution in [-0.4, -0.2) is 53.7 Å². The van der Waals surface area contributed by atoms with Crippen molar-refractivity contribution < 1.29 is 4.74 Å². The van der Waals surface area contributed by atoms with E-state index in [2.05, 4.69) is 19.9 Å². The highest BCUT2D eigenvalue weighted by molar-refractivity contribution is 5.44. The molecule has 2 aliphatic rings. The van der Waals surface area contributed by atoms with Gasteiger partial charge in [-0.1, -0.05) is 0 Å². The van der Waals surface area contributed by atoms with Crippen molar-refractivity contribution in [1.29, 1.82) is 0 Å². The summed E-state index contributed by atoms with van der Waals surface area (Å²) in [6.07, 6.45) is 4.56. The van der Waals surface area contributed by atoms with E-state index in [1.165, 1.54) is 0 Å². The minimum atomic E-state index is -0.106. The normalized spacial score (nSPS) is 22.7. The van der Waals surface area contributed by atoms with Crippen LogP contribution in [0, 0.1) is 6.92 Å². The van der Waals surface area contributed by atoms with Crippen LogP contribution in [0.15, 0.2) is 18.5 Å². The smallest absolute Gasteiger partial charge is 0.225 e. The lowest BCUT2D eigenvalue weighted by atomic mass is 9.80. The molecule has 1 saturated heterocycles. The SMILES string of the molecule is Cc1nc(N(C)C)nc2c1COCC21CCN(c2ncccn2)C1. The van der Waals surface area contributed by atoms with Gasteiger partial charge >= 0.3 is 0 Å². The molecule has 0 bridgehead atoms. The van der Waals surface area contributed by atoms with Gasteiger partial charge in [-0.2, -0.15) is 0 Å². The van der Waals surface area contributed by atoms with Crippen LogP contribution < -0.4 is 9.80 Å². The molecular formula is C17H22N6O. The predicted octanol–water partition coefficient (Wildman–Crippen LogP) is 1.32. The van der Waals surface area contributed by atoms with Crippen LogP contribution in [0.25, 0.3) is 0 Å². The number of nitrogens with zero attached hydrogens (tertiary/aromatic N) is 6. The molecule has 2 aromatic rings. The van der Waals surface area contributed by atoms with Gasteiger partial charge in [0.25, 0.3) is 0 Å². The van der Waals surface area contributed by atoms with Crippen LogP contribution in [0.5, 0.6) is 0 Å². The minimum Gasteiger partial charge on any atom is -0.376 e. The zero-order valence-corrected chi connectivity index (χ0v) is 14.4. The number of fused-ring (bicyclic) bond motifs is 2. The van der Waals surface area contributed by atoms with Crippen LogP contribution in [0.1, 0.15) is 23.4 Å². The molecule has 0 N–H and O–H groups in total. The molecule has 0 amide bonds. The van der Waals surface area contributed by atoms with Gasteiger partial charge in [-0.25, -0.2) is 19.9 Å².